The van der Waals surface area contributed by atoms with Crippen molar-refractivity contribution in [1.29, 1.82) is 0 Å². The minimum atomic E-state index is 0.107. The lowest BCUT2D eigenvalue weighted by molar-refractivity contribution is 0.343. The van der Waals surface area contributed by atoms with E-state index in [0.29, 0.717) is 6.04 Å². The smallest absolute Gasteiger partial charge is 0.0901 e. The summed E-state index contributed by atoms with van der Waals surface area (Å²) in [6, 6.07) is 8.75. The van der Waals surface area contributed by atoms with Crippen LogP contribution in [-0.4, -0.2) is 29.1 Å². The minimum absolute atomic E-state index is 0.107. The lowest BCUT2D eigenvalue weighted by Gasteiger charge is -2.23. The minimum Gasteiger partial charge on any atom is -0.371 e. The maximum Gasteiger partial charge on any atom is 0.0901 e. The standard InChI is InChI=1S/C16H19N5/c1-2-4-15-14(3-1)18-10-16(20-15)12-9-19-21(11-12)13-5-7-17-8-6-13/h1-4,9-11,13,16-17,20H,5-8H2. The molecule has 1 atom stereocenters. The molecule has 4 rings (SSSR count). The average Bonchev–Trinajstić information content (AvgIpc) is 3.05. The fourth-order valence-electron chi connectivity index (χ4n) is 3.02. The number of hydrogen-bond donors (Lipinski definition) is 2. The van der Waals surface area contributed by atoms with E-state index in [1.54, 1.807) is 0 Å². The second kappa shape index (κ2) is 5.33. The number of anilines is 1. The van der Waals surface area contributed by atoms with Crippen molar-refractivity contribution in [3.05, 3.63) is 42.2 Å². The van der Waals surface area contributed by atoms with Crippen LogP contribution >= 0.6 is 0 Å². The van der Waals surface area contributed by atoms with Crippen LogP contribution in [0.15, 0.2) is 41.7 Å². The third-order valence-electron chi connectivity index (χ3n) is 4.24. The van der Waals surface area contributed by atoms with Crippen molar-refractivity contribution in [1.82, 2.24) is 15.1 Å². The zero-order valence-electron chi connectivity index (χ0n) is 11.9. The first-order chi connectivity index (χ1) is 10.4. The Morgan fingerprint density at radius 3 is 2.90 bits per heavy atom. The Labute approximate surface area is 124 Å². The summed E-state index contributed by atoms with van der Waals surface area (Å²) in [6.45, 7) is 2.16. The quantitative estimate of drug-likeness (QED) is 0.890. The lowest BCUT2D eigenvalue weighted by atomic mass is 10.1. The van der Waals surface area contributed by atoms with Gasteiger partial charge in [0.15, 0.2) is 0 Å². The molecule has 0 saturated carbocycles. The summed E-state index contributed by atoms with van der Waals surface area (Å²) >= 11 is 0. The summed E-state index contributed by atoms with van der Waals surface area (Å²) < 4.78 is 2.12. The molecule has 0 spiro atoms. The van der Waals surface area contributed by atoms with Crippen molar-refractivity contribution < 1.29 is 0 Å². The molecule has 0 aliphatic carbocycles. The highest BCUT2D eigenvalue weighted by Gasteiger charge is 2.20. The average molecular weight is 281 g/mol. The summed E-state index contributed by atoms with van der Waals surface area (Å²) in [5, 5.41) is 11.5. The SMILES string of the molecule is C1=Nc2ccccc2NC1c1cnn(C2CCNCC2)c1. The lowest BCUT2D eigenvalue weighted by Crippen LogP contribution is -2.29. The van der Waals surface area contributed by atoms with Crippen LogP contribution in [0.5, 0.6) is 0 Å². The summed E-state index contributed by atoms with van der Waals surface area (Å²) in [5.74, 6) is 0. The molecule has 1 aromatic heterocycles. The second-order valence-corrected chi connectivity index (χ2v) is 5.65. The molecule has 2 aliphatic heterocycles. The molecule has 0 bridgehead atoms. The van der Waals surface area contributed by atoms with E-state index in [0.717, 1.165) is 37.3 Å². The van der Waals surface area contributed by atoms with E-state index in [1.807, 2.05) is 30.6 Å². The molecule has 3 heterocycles. The summed E-state index contributed by atoms with van der Waals surface area (Å²) in [6.07, 6.45) is 8.38. The molecule has 0 radical (unpaired) electrons. The van der Waals surface area contributed by atoms with Gasteiger partial charge in [-0.2, -0.15) is 5.10 Å². The number of rotatable bonds is 2. The first kappa shape index (κ1) is 12.6. The molecule has 0 amide bonds. The van der Waals surface area contributed by atoms with E-state index in [-0.39, 0.29) is 6.04 Å². The number of aromatic nitrogens is 2. The molecule has 108 valence electrons. The Kier molecular flexibility index (Phi) is 3.20. The molecule has 2 aromatic rings. The highest BCUT2D eigenvalue weighted by Crippen LogP contribution is 2.32. The van der Waals surface area contributed by atoms with Gasteiger partial charge in [0.2, 0.25) is 0 Å². The monoisotopic (exact) mass is 281 g/mol. The van der Waals surface area contributed by atoms with Crippen molar-refractivity contribution in [2.75, 3.05) is 18.4 Å². The molecule has 5 heteroatoms. The molecule has 1 unspecified atom stereocenters. The molecule has 5 nitrogen and oxygen atoms in total. The molecule has 21 heavy (non-hydrogen) atoms. The van der Waals surface area contributed by atoms with Crippen LogP contribution in [0.4, 0.5) is 11.4 Å². The van der Waals surface area contributed by atoms with E-state index in [2.05, 4.69) is 37.7 Å². The van der Waals surface area contributed by atoms with Gasteiger partial charge in [0, 0.05) is 18.0 Å². The number of nitrogens with one attached hydrogen (secondary N) is 2. The van der Waals surface area contributed by atoms with E-state index in [1.165, 1.54) is 5.56 Å². The van der Waals surface area contributed by atoms with E-state index < -0.39 is 0 Å². The van der Waals surface area contributed by atoms with Crippen LogP contribution in [-0.2, 0) is 0 Å². The van der Waals surface area contributed by atoms with Crippen LogP contribution in [0.25, 0.3) is 0 Å². The summed E-state index contributed by atoms with van der Waals surface area (Å²) in [7, 11) is 0. The van der Waals surface area contributed by atoms with Gasteiger partial charge in [-0.05, 0) is 38.1 Å². The highest BCUT2D eigenvalue weighted by molar-refractivity contribution is 5.83. The third kappa shape index (κ3) is 2.45. The molecule has 1 aromatic carbocycles. The molecule has 1 saturated heterocycles. The predicted molar refractivity (Wildman–Crippen MR) is 84.3 cm³/mol. The summed E-state index contributed by atoms with van der Waals surface area (Å²) in [5.41, 5.74) is 3.26. The molecule has 2 N–H and O–H groups in total. The Bertz CT molecular complexity index is 654. The largest absolute Gasteiger partial charge is 0.371 e. The van der Waals surface area contributed by atoms with Gasteiger partial charge >= 0.3 is 0 Å². The van der Waals surface area contributed by atoms with Gasteiger partial charge in [-0.1, -0.05) is 12.1 Å². The van der Waals surface area contributed by atoms with Gasteiger partial charge in [0.05, 0.1) is 29.7 Å². The van der Waals surface area contributed by atoms with Crippen molar-refractivity contribution >= 4 is 17.6 Å². The zero-order valence-corrected chi connectivity index (χ0v) is 11.9. The van der Waals surface area contributed by atoms with E-state index >= 15 is 0 Å². The number of aliphatic imine (C=N–C) groups is 1. The van der Waals surface area contributed by atoms with Crippen LogP contribution in [0.3, 0.4) is 0 Å². The van der Waals surface area contributed by atoms with Gasteiger partial charge < -0.3 is 10.6 Å². The topological polar surface area (TPSA) is 54.2 Å². The fraction of sp³-hybridized carbons (Fsp3) is 0.375. The second-order valence-electron chi connectivity index (χ2n) is 5.65. The number of para-hydroxylation sites is 2. The van der Waals surface area contributed by atoms with Crippen molar-refractivity contribution in [2.24, 2.45) is 4.99 Å². The maximum absolute atomic E-state index is 4.56. The first-order valence-electron chi connectivity index (χ1n) is 7.55. The molecular formula is C16H19N5. The van der Waals surface area contributed by atoms with Gasteiger partial charge in [-0.15, -0.1) is 0 Å². The van der Waals surface area contributed by atoms with E-state index in [9.17, 15) is 0 Å². The number of benzene rings is 1. The van der Waals surface area contributed by atoms with Crippen LogP contribution in [0.2, 0.25) is 0 Å². The van der Waals surface area contributed by atoms with Crippen molar-refractivity contribution in [3.63, 3.8) is 0 Å². The van der Waals surface area contributed by atoms with Crippen LogP contribution in [0.1, 0.15) is 30.5 Å². The molecule has 2 aliphatic rings. The maximum atomic E-state index is 4.56. The normalized spacial score (nSPS) is 21.8. The fourth-order valence-corrected chi connectivity index (χ4v) is 3.02. The van der Waals surface area contributed by atoms with Gasteiger partial charge in [-0.25, -0.2) is 0 Å². The van der Waals surface area contributed by atoms with E-state index in [4.69, 9.17) is 0 Å². The van der Waals surface area contributed by atoms with Crippen molar-refractivity contribution in [3.8, 4) is 0 Å². The van der Waals surface area contributed by atoms with Crippen molar-refractivity contribution in [2.45, 2.75) is 24.9 Å². The zero-order chi connectivity index (χ0) is 14.1. The summed E-state index contributed by atoms with van der Waals surface area (Å²) in [4.78, 5) is 4.54. The number of fused-ring (bicyclic) bond motifs is 1. The number of nitrogens with zero attached hydrogens (tertiary/aromatic N) is 3. The Morgan fingerprint density at radius 1 is 1.14 bits per heavy atom. The van der Waals surface area contributed by atoms with Gasteiger partial charge in [0.25, 0.3) is 0 Å². The van der Waals surface area contributed by atoms with Gasteiger partial charge in [-0.3, -0.25) is 9.67 Å². The highest BCUT2D eigenvalue weighted by atomic mass is 15.3. The third-order valence-corrected chi connectivity index (χ3v) is 4.24. The van der Waals surface area contributed by atoms with Crippen LogP contribution < -0.4 is 10.6 Å². The molecular weight excluding hydrogens is 262 g/mol. The first-order valence-corrected chi connectivity index (χ1v) is 7.55. The predicted octanol–water partition coefficient (Wildman–Crippen LogP) is 2.68. The van der Waals surface area contributed by atoms with Crippen LogP contribution in [0, 0.1) is 0 Å². The Morgan fingerprint density at radius 2 is 2.00 bits per heavy atom. The Balaban J connectivity index is 1.54. The Hall–Kier alpha value is -2.14. The number of hydrogen-bond acceptors (Lipinski definition) is 4. The molecule has 1 fully saturated rings. The number of piperidine rings is 1. The van der Waals surface area contributed by atoms with Gasteiger partial charge in [0.1, 0.15) is 0 Å².